The Kier molecular flexibility index (Phi) is 7.97. The smallest absolute Gasteiger partial charge is 0.271 e. The van der Waals surface area contributed by atoms with E-state index in [4.69, 9.17) is 14.2 Å². The Bertz CT molecular complexity index is 1110. The van der Waals surface area contributed by atoms with Crippen LogP contribution in [0.2, 0.25) is 0 Å². The highest BCUT2D eigenvalue weighted by molar-refractivity contribution is 5.95. The maximum absolute atomic E-state index is 13.8. The maximum Gasteiger partial charge on any atom is 0.271 e. The van der Waals surface area contributed by atoms with Crippen LogP contribution in [0.5, 0.6) is 17.2 Å². The quantitative estimate of drug-likeness (QED) is 0.284. The first-order chi connectivity index (χ1) is 15.6. The number of hydrogen-bond acceptors (Lipinski definition) is 5. The molecule has 0 aliphatic heterocycles. The van der Waals surface area contributed by atoms with Crippen molar-refractivity contribution < 1.29 is 23.4 Å². The topological polar surface area (TPSA) is 69.2 Å². The minimum Gasteiger partial charge on any atom is -0.493 e. The summed E-state index contributed by atoms with van der Waals surface area (Å²) in [7, 11) is 1.49. The maximum atomic E-state index is 13.8. The Morgan fingerprint density at radius 2 is 1.81 bits per heavy atom. The molecule has 0 spiro atoms. The van der Waals surface area contributed by atoms with Crippen LogP contribution in [0.25, 0.3) is 0 Å². The van der Waals surface area contributed by atoms with Crippen molar-refractivity contribution in [2.24, 2.45) is 5.10 Å². The van der Waals surface area contributed by atoms with Crippen molar-refractivity contribution in [3.05, 3.63) is 102 Å². The van der Waals surface area contributed by atoms with Gasteiger partial charge >= 0.3 is 0 Å². The number of nitrogens with one attached hydrogen (secondary N) is 1. The molecule has 6 nitrogen and oxygen atoms in total. The fraction of sp³-hybridized carbons (Fsp3) is 0.120. The van der Waals surface area contributed by atoms with Crippen molar-refractivity contribution in [3.63, 3.8) is 0 Å². The zero-order chi connectivity index (χ0) is 22.8. The number of carbonyl (C=O) groups excluding carboxylic acids is 1. The monoisotopic (exact) mass is 434 g/mol. The van der Waals surface area contributed by atoms with Gasteiger partial charge < -0.3 is 14.2 Å². The third-order valence-electron chi connectivity index (χ3n) is 4.41. The fourth-order valence-corrected chi connectivity index (χ4v) is 2.79. The van der Waals surface area contributed by atoms with E-state index in [1.165, 1.54) is 19.4 Å². The van der Waals surface area contributed by atoms with Crippen molar-refractivity contribution in [1.82, 2.24) is 5.43 Å². The largest absolute Gasteiger partial charge is 0.493 e. The fourth-order valence-electron chi connectivity index (χ4n) is 2.79. The Morgan fingerprint density at radius 3 is 2.59 bits per heavy atom. The Morgan fingerprint density at radius 1 is 1.03 bits per heavy atom. The molecule has 0 aromatic heterocycles. The summed E-state index contributed by atoms with van der Waals surface area (Å²) in [4.78, 5) is 12.5. The number of halogens is 1. The summed E-state index contributed by atoms with van der Waals surface area (Å²) < 4.78 is 30.3. The molecule has 3 rings (SSSR count). The van der Waals surface area contributed by atoms with Gasteiger partial charge in [0.2, 0.25) is 0 Å². The summed E-state index contributed by atoms with van der Waals surface area (Å²) in [5, 5.41) is 4.01. The number of carbonyl (C=O) groups is 1. The molecule has 0 radical (unpaired) electrons. The Hall–Kier alpha value is -4.13. The average Bonchev–Trinajstić information content (AvgIpc) is 2.82. The van der Waals surface area contributed by atoms with Gasteiger partial charge in [0, 0.05) is 16.7 Å². The van der Waals surface area contributed by atoms with Crippen LogP contribution in [-0.4, -0.2) is 25.8 Å². The van der Waals surface area contributed by atoms with Gasteiger partial charge in [0.05, 0.1) is 13.3 Å². The molecule has 0 saturated carbocycles. The Balaban J connectivity index is 1.65. The summed E-state index contributed by atoms with van der Waals surface area (Å²) in [6, 6.07) is 18.4. The molecule has 0 saturated heterocycles. The highest BCUT2D eigenvalue weighted by Gasteiger charge is 2.11. The van der Waals surface area contributed by atoms with E-state index in [0.717, 1.165) is 0 Å². The number of ether oxygens (including phenoxy) is 3. The minimum absolute atomic E-state index is 0.0734. The molecule has 0 aliphatic rings. The second-order valence-corrected chi connectivity index (χ2v) is 6.58. The van der Waals surface area contributed by atoms with Gasteiger partial charge in [0.15, 0.2) is 11.5 Å². The van der Waals surface area contributed by atoms with Gasteiger partial charge in [-0.2, -0.15) is 5.10 Å². The van der Waals surface area contributed by atoms with Gasteiger partial charge in [0.25, 0.3) is 5.91 Å². The van der Waals surface area contributed by atoms with E-state index in [1.807, 2.05) is 6.07 Å². The predicted molar refractivity (Wildman–Crippen MR) is 121 cm³/mol. The molecule has 32 heavy (non-hydrogen) atoms. The molecule has 0 atom stereocenters. The van der Waals surface area contributed by atoms with Crippen molar-refractivity contribution in [3.8, 4) is 17.2 Å². The third-order valence-corrected chi connectivity index (χ3v) is 4.41. The lowest BCUT2D eigenvalue weighted by molar-refractivity contribution is 0.0954. The zero-order valence-corrected chi connectivity index (χ0v) is 17.6. The van der Waals surface area contributed by atoms with Crippen LogP contribution < -0.4 is 19.6 Å². The van der Waals surface area contributed by atoms with E-state index in [2.05, 4.69) is 17.1 Å². The zero-order valence-electron chi connectivity index (χ0n) is 17.6. The molecule has 3 aromatic rings. The standard InChI is InChI=1S/C25H23FN2O4/c1-3-14-31-23-13-12-18(15-24(23)30-2)25(29)28-27-16-19-8-5-7-11-22(19)32-17-20-9-4-6-10-21(20)26/h3-13,15-16H,1,14,17H2,2H3,(H,28,29)/b27-16+. The first-order valence-electron chi connectivity index (χ1n) is 9.82. The normalized spacial score (nSPS) is 10.6. The lowest BCUT2D eigenvalue weighted by Crippen LogP contribution is -2.17. The van der Waals surface area contributed by atoms with Crippen molar-refractivity contribution in [1.29, 1.82) is 0 Å². The van der Waals surface area contributed by atoms with Gasteiger partial charge in [0.1, 0.15) is 24.8 Å². The van der Waals surface area contributed by atoms with Crippen LogP contribution >= 0.6 is 0 Å². The van der Waals surface area contributed by atoms with Gasteiger partial charge in [-0.05, 0) is 36.4 Å². The molecule has 0 bridgehead atoms. The van der Waals surface area contributed by atoms with Crippen molar-refractivity contribution >= 4 is 12.1 Å². The predicted octanol–water partition coefficient (Wildman–Crippen LogP) is 4.74. The number of hydrazone groups is 1. The third kappa shape index (κ3) is 5.95. The molecule has 164 valence electrons. The number of rotatable bonds is 10. The van der Waals surface area contributed by atoms with Gasteiger partial charge in [-0.1, -0.05) is 43.0 Å². The number of para-hydroxylation sites is 1. The van der Waals surface area contributed by atoms with Crippen LogP contribution in [-0.2, 0) is 6.61 Å². The molecule has 0 fully saturated rings. The van der Waals surface area contributed by atoms with Crippen molar-refractivity contribution in [2.45, 2.75) is 6.61 Å². The highest BCUT2D eigenvalue weighted by Crippen LogP contribution is 2.28. The van der Waals surface area contributed by atoms with E-state index in [-0.39, 0.29) is 12.4 Å². The molecule has 0 heterocycles. The number of amides is 1. The average molecular weight is 434 g/mol. The molecule has 0 aliphatic carbocycles. The summed E-state index contributed by atoms with van der Waals surface area (Å²) >= 11 is 0. The number of benzene rings is 3. The van der Waals surface area contributed by atoms with Crippen LogP contribution in [0.15, 0.2) is 84.5 Å². The van der Waals surface area contributed by atoms with E-state index in [9.17, 15) is 9.18 Å². The summed E-state index contributed by atoms with van der Waals surface area (Å²) in [6.07, 6.45) is 3.08. The van der Waals surface area contributed by atoms with Crippen LogP contribution in [0, 0.1) is 5.82 Å². The molecular weight excluding hydrogens is 411 g/mol. The molecular formula is C25H23FN2O4. The first-order valence-corrected chi connectivity index (χ1v) is 9.82. The summed E-state index contributed by atoms with van der Waals surface area (Å²) in [5.41, 5.74) is 3.91. The highest BCUT2D eigenvalue weighted by atomic mass is 19.1. The minimum atomic E-state index is -0.417. The van der Waals surface area contributed by atoms with Gasteiger partial charge in [-0.3, -0.25) is 4.79 Å². The molecule has 7 heteroatoms. The molecule has 1 amide bonds. The molecule has 1 N–H and O–H groups in total. The van der Waals surface area contributed by atoms with E-state index < -0.39 is 5.91 Å². The molecule has 0 unspecified atom stereocenters. The first kappa shape index (κ1) is 22.6. The Labute approximate surface area is 185 Å². The number of methoxy groups -OCH3 is 1. The second kappa shape index (κ2) is 11.3. The van der Waals surface area contributed by atoms with Crippen LogP contribution in [0.4, 0.5) is 4.39 Å². The number of nitrogens with zero attached hydrogens (tertiary/aromatic N) is 1. The second-order valence-electron chi connectivity index (χ2n) is 6.58. The van der Waals surface area contributed by atoms with E-state index in [1.54, 1.807) is 60.7 Å². The van der Waals surface area contributed by atoms with Crippen LogP contribution in [0.3, 0.4) is 0 Å². The van der Waals surface area contributed by atoms with Crippen molar-refractivity contribution in [2.75, 3.05) is 13.7 Å². The summed E-state index contributed by atoms with van der Waals surface area (Å²) in [6.45, 7) is 4.00. The lowest BCUT2D eigenvalue weighted by Gasteiger charge is -2.11. The SMILES string of the molecule is C=CCOc1ccc(C(=O)N/N=C/c2ccccc2OCc2ccccc2F)cc1OC. The summed E-state index contributed by atoms with van der Waals surface area (Å²) in [5.74, 6) is 0.699. The van der Waals surface area contributed by atoms with Gasteiger partial charge in [-0.25, -0.2) is 9.82 Å². The number of hydrogen-bond donors (Lipinski definition) is 1. The molecule has 3 aromatic carbocycles. The van der Waals surface area contributed by atoms with Crippen LogP contribution in [0.1, 0.15) is 21.5 Å². The van der Waals surface area contributed by atoms with E-state index >= 15 is 0 Å². The lowest BCUT2D eigenvalue weighted by atomic mass is 10.2. The van der Waals surface area contributed by atoms with E-state index in [0.29, 0.717) is 40.5 Å². The van der Waals surface area contributed by atoms with Gasteiger partial charge in [-0.15, -0.1) is 0 Å².